The molecule has 2 aromatic carbocycles. The molecule has 0 saturated carbocycles. The summed E-state index contributed by atoms with van der Waals surface area (Å²) in [5.41, 5.74) is 9.15. The van der Waals surface area contributed by atoms with E-state index < -0.39 is 0 Å². The van der Waals surface area contributed by atoms with Gasteiger partial charge in [0.1, 0.15) is 0 Å². The largest absolute Gasteiger partial charge is 0.370 e. The normalized spacial score (nSPS) is 22.5. The summed E-state index contributed by atoms with van der Waals surface area (Å²) in [6, 6.07) is 23.5. The van der Waals surface area contributed by atoms with E-state index in [0.29, 0.717) is 16.9 Å². The first-order chi connectivity index (χ1) is 20.2. The Labute approximate surface area is 260 Å². The van der Waals surface area contributed by atoms with Gasteiger partial charge in [0, 0.05) is 42.0 Å². The number of aryl methyl sites for hydroxylation is 2. The smallest absolute Gasteiger partial charge is 0.174 e. The zero-order valence-corrected chi connectivity index (χ0v) is 26.7. The number of aromatic nitrogens is 2. The number of pyridine rings is 1. The Bertz CT molecular complexity index is 1570. The van der Waals surface area contributed by atoms with Gasteiger partial charge in [-0.25, -0.2) is 0 Å². The van der Waals surface area contributed by atoms with E-state index in [1.165, 1.54) is 34.6 Å². The molecule has 4 aromatic rings. The van der Waals surface area contributed by atoms with Crippen molar-refractivity contribution in [2.24, 2.45) is 11.8 Å². The minimum absolute atomic E-state index is 0.0980. The highest BCUT2D eigenvalue weighted by Gasteiger charge is 2.42. The second-order valence-electron chi connectivity index (χ2n) is 12.2. The molecule has 4 unspecified atom stereocenters. The molecule has 42 heavy (non-hydrogen) atoms. The van der Waals surface area contributed by atoms with Gasteiger partial charge in [-0.1, -0.05) is 50.6 Å². The summed E-state index contributed by atoms with van der Waals surface area (Å²) in [7, 11) is 0. The molecule has 0 aliphatic carbocycles. The molecule has 218 valence electrons. The number of rotatable bonds is 6. The van der Waals surface area contributed by atoms with E-state index in [1.807, 2.05) is 18.3 Å². The number of hydrogen-bond acceptors (Lipinski definition) is 3. The predicted molar refractivity (Wildman–Crippen MR) is 179 cm³/mol. The van der Waals surface area contributed by atoms with Crippen LogP contribution in [0.25, 0.3) is 5.69 Å². The van der Waals surface area contributed by atoms with Crippen LogP contribution in [0.15, 0.2) is 72.9 Å². The summed E-state index contributed by atoms with van der Waals surface area (Å²) in [6.45, 7) is 13.3. The van der Waals surface area contributed by atoms with E-state index in [9.17, 15) is 0 Å². The van der Waals surface area contributed by atoms with Gasteiger partial charge in [0.15, 0.2) is 5.11 Å². The molecule has 2 saturated heterocycles. The Morgan fingerprint density at radius 2 is 1.67 bits per heavy atom. The van der Waals surface area contributed by atoms with Gasteiger partial charge in [0.25, 0.3) is 0 Å². The van der Waals surface area contributed by atoms with Gasteiger partial charge in [0.05, 0.1) is 28.5 Å². The van der Waals surface area contributed by atoms with Gasteiger partial charge >= 0.3 is 0 Å². The summed E-state index contributed by atoms with van der Waals surface area (Å²) in [6.07, 6.45) is 4.14. The fourth-order valence-corrected chi connectivity index (χ4v) is 7.72. The molecule has 0 spiro atoms. The summed E-state index contributed by atoms with van der Waals surface area (Å²) >= 11 is 13.1. The topological polar surface area (TPSA) is 36.3 Å². The lowest BCUT2D eigenvalue weighted by Crippen LogP contribution is -2.38. The Hall–Kier alpha value is -3.35. The lowest BCUT2D eigenvalue weighted by Gasteiger charge is -2.37. The van der Waals surface area contributed by atoms with E-state index in [1.54, 1.807) is 0 Å². The van der Waals surface area contributed by atoms with Crippen LogP contribution in [0.5, 0.6) is 0 Å². The van der Waals surface area contributed by atoms with Gasteiger partial charge in [-0.05, 0) is 110 Å². The number of nitrogens with zero attached hydrogens (tertiary/aromatic N) is 4. The van der Waals surface area contributed by atoms with Crippen molar-refractivity contribution in [3.8, 4) is 5.69 Å². The van der Waals surface area contributed by atoms with Crippen molar-refractivity contribution >= 4 is 40.3 Å². The molecule has 0 bridgehead atoms. The summed E-state index contributed by atoms with van der Waals surface area (Å²) in [5, 5.41) is 5.06. The molecule has 7 heteroatoms. The van der Waals surface area contributed by atoms with Gasteiger partial charge in [-0.2, -0.15) is 0 Å². The van der Waals surface area contributed by atoms with Crippen molar-refractivity contribution in [1.29, 1.82) is 0 Å². The molecule has 4 atom stereocenters. The van der Waals surface area contributed by atoms with Crippen molar-refractivity contribution in [2.45, 2.75) is 59.5 Å². The van der Waals surface area contributed by atoms with Crippen molar-refractivity contribution < 1.29 is 0 Å². The van der Waals surface area contributed by atoms with Gasteiger partial charge in [-0.15, -0.1) is 0 Å². The molecule has 2 fully saturated rings. The highest BCUT2D eigenvalue weighted by Crippen LogP contribution is 2.45. The minimum Gasteiger partial charge on any atom is -0.370 e. The predicted octanol–water partition coefficient (Wildman–Crippen LogP) is 8.36. The molecular formula is C35H40ClN5S. The molecule has 2 aromatic heterocycles. The Balaban J connectivity index is 1.43. The monoisotopic (exact) mass is 597 g/mol. The number of halogens is 1. The Morgan fingerprint density at radius 3 is 2.31 bits per heavy atom. The first-order valence-corrected chi connectivity index (χ1v) is 15.9. The van der Waals surface area contributed by atoms with Crippen LogP contribution in [0.3, 0.4) is 0 Å². The molecule has 2 aliphatic rings. The molecule has 5 nitrogen and oxygen atoms in total. The lowest BCUT2D eigenvalue weighted by atomic mass is 9.91. The van der Waals surface area contributed by atoms with Crippen molar-refractivity contribution in [3.05, 3.63) is 106 Å². The van der Waals surface area contributed by atoms with E-state index >= 15 is 0 Å². The molecule has 1 N–H and O–H groups in total. The number of thiocarbonyl (C=S) groups is 1. The zero-order valence-electron chi connectivity index (χ0n) is 25.1. The summed E-state index contributed by atoms with van der Waals surface area (Å²) in [4.78, 5) is 9.43. The van der Waals surface area contributed by atoms with E-state index in [2.05, 4.69) is 109 Å². The Morgan fingerprint density at radius 1 is 0.952 bits per heavy atom. The SMILES string of the molecule is CCc1ccc(-n2c(C)cc(C3C(c4ccccn4)NC(=S)N3c3ccc(N4CC(C)CC(C)C4)c(Cl)c3)c2C)cc1. The molecule has 0 amide bonds. The van der Waals surface area contributed by atoms with Crippen LogP contribution in [0.4, 0.5) is 11.4 Å². The zero-order chi connectivity index (χ0) is 29.5. The molecule has 0 radical (unpaired) electrons. The summed E-state index contributed by atoms with van der Waals surface area (Å²) < 4.78 is 2.35. The van der Waals surface area contributed by atoms with Gasteiger partial charge < -0.3 is 19.7 Å². The fraction of sp³-hybridized carbons (Fsp3) is 0.371. The second-order valence-corrected chi connectivity index (χ2v) is 13.0. The average molecular weight is 598 g/mol. The van der Waals surface area contributed by atoms with Crippen molar-refractivity contribution in [2.75, 3.05) is 22.9 Å². The average Bonchev–Trinajstić information content (AvgIpc) is 3.47. The van der Waals surface area contributed by atoms with E-state index in [4.69, 9.17) is 28.8 Å². The standard InChI is InChI=1S/C35H40ClN5S/c1-6-26-10-12-27(13-11-26)40-24(4)18-29(25(40)5)34-33(31-9-7-8-16-37-31)38-35(42)41(34)28-14-15-32(30(36)19-28)39-20-22(2)17-23(3)21-39/h7-16,18-19,22-23,33-34H,6,17,20-21H2,1-5H3,(H,38,42). The molecular weight excluding hydrogens is 558 g/mol. The molecule has 6 rings (SSSR count). The number of benzene rings is 2. The minimum atomic E-state index is -0.114. The third-order valence-electron chi connectivity index (χ3n) is 8.91. The number of anilines is 2. The van der Waals surface area contributed by atoms with Crippen LogP contribution >= 0.6 is 23.8 Å². The maximum atomic E-state index is 7.05. The molecule has 4 heterocycles. The Kier molecular flexibility index (Phi) is 8.03. The van der Waals surface area contributed by atoms with Crippen LogP contribution in [0.1, 0.15) is 67.5 Å². The first-order valence-electron chi connectivity index (χ1n) is 15.1. The third-order valence-corrected chi connectivity index (χ3v) is 9.53. The number of nitrogens with one attached hydrogen (secondary N) is 1. The van der Waals surface area contributed by atoms with Crippen LogP contribution in [0.2, 0.25) is 5.02 Å². The van der Waals surface area contributed by atoms with Gasteiger partial charge in [-0.3, -0.25) is 4.98 Å². The highest BCUT2D eigenvalue weighted by molar-refractivity contribution is 7.80. The first kappa shape index (κ1) is 28.8. The summed E-state index contributed by atoms with van der Waals surface area (Å²) in [5.74, 6) is 1.30. The quantitative estimate of drug-likeness (QED) is 0.226. The van der Waals surface area contributed by atoms with Crippen molar-refractivity contribution in [1.82, 2.24) is 14.9 Å². The fourth-order valence-electron chi connectivity index (χ4n) is 7.08. The molecule has 2 aliphatic heterocycles. The van der Waals surface area contributed by atoms with E-state index in [-0.39, 0.29) is 12.1 Å². The maximum absolute atomic E-state index is 7.05. The van der Waals surface area contributed by atoms with Crippen LogP contribution in [0, 0.1) is 25.7 Å². The second kappa shape index (κ2) is 11.7. The van der Waals surface area contributed by atoms with E-state index in [0.717, 1.165) is 41.6 Å². The van der Waals surface area contributed by atoms with Crippen LogP contribution in [-0.2, 0) is 6.42 Å². The van der Waals surface area contributed by atoms with Crippen LogP contribution < -0.4 is 15.1 Å². The number of hydrogen-bond donors (Lipinski definition) is 1. The lowest BCUT2D eigenvalue weighted by molar-refractivity contribution is 0.357. The van der Waals surface area contributed by atoms with Crippen molar-refractivity contribution in [3.63, 3.8) is 0 Å². The maximum Gasteiger partial charge on any atom is 0.174 e. The van der Waals surface area contributed by atoms with Crippen LogP contribution in [-0.4, -0.2) is 27.8 Å². The third kappa shape index (κ3) is 5.31. The highest BCUT2D eigenvalue weighted by atomic mass is 35.5. The van der Waals surface area contributed by atoms with Gasteiger partial charge in [0.2, 0.25) is 0 Å². The number of piperidine rings is 1.